The number of carbonyl (C=O) groups is 1. The molecule has 0 amide bonds. The summed E-state index contributed by atoms with van der Waals surface area (Å²) < 4.78 is 0. The van der Waals surface area contributed by atoms with Crippen molar-refractivity contribution in [1.29, 1.82) is 0 Å². The molecule has 17 heavy (non-hydrogen) atoms. The molecule has 0 heterocycles. The number of ketones is 1. The first-order valence-electron chi connectivity index (χ1n) is 5.38. The summed E-state index contributed by atoms with van der Waals surface area (Å²) in [6.45, 7) is 0.299. The second-order valence-corrected chi connectivity index (χ2v) is 6.15. The van der Waals surface area contributed by atoms with Crippen molar-refractivity contribution in [2.24, 2.45) is 0 Å². The molecule has 94 valence electrons. The van der Waals surface area contributed by atoms with Crippen LogP contribution in [-0.2, 0) is 6.42 Å². The lowest BCUT2D eigenvalue weighted by atomic mass is 9.91. The van der Waals surface area contributed by atoms with Gasteiger partial charge in [-0.3, -0.25) is 4.79 Å². The van der Waals surface area contributed by atoms with E-state index in [0.717, 1.165) is 29.7 Å². The lowest BCUT2D eigenvalue weighted by molar-refractivity contribution is 0.0972. The zero-order valence-corrected chi connectivity index (χ0v) is 12.3. The van der Waals surface area contributed by atoms with E-state index in [1.807, 2.05) is 0 Å². The van der Waals surface area contributed by atoms with Crippen molar-refractivity contribution in [3.8, 4) is 5.75 Å². The number of benzene rings is 1. The third-order valence-electron chi connectivity index (χ3n) is 2.41. The molecule has 0 unspecified atom stereocenters. The fourth-order valence-electron chi connectivity index (χ4n) is 1.67. The Hall–Kier alpha value is -0.270. The van der Waals surface area contributed by atoms with Crippen molar-refractivity contribution in [2.75, 3.05) is 12.4 Å². The van der Waals surface area contributed by atoms with Gasteiger partial charge in [-0.25, -0.2) is 0 Å². The number of phenolic OH excluding ortho intramolecular Hbond substituents is 1. The summed E-state index contributed by atoms with van der Waals surface area (Å²) in [5.74, 6) is 1.31. The van der Waals surface area contributed by atoms with Crippen LogP contribution in [0.2, 0.25) is 0 Å². The zero-order chi connectivity index (χ0) is 12.7. The highest BCUT2D eigenvalue weighted by Gasteiger charge is 2.16. The number of phenols is 1. The molecule has 2 N–H and O–H groups in total. The Morgan fingerprint density at radius 1 is 1.35 bits per heavy atom. The molecule has 0 saturated carbocycles. The number of rotatable bonds is 2. The highest BCUT2D eigenvalue weighted by atomic mass is 127. The standard InChI is InChI=1S/C10H10O2.C2H5IOS/c11-8-4-5-9-7(6-8)2-1-3-10(9)12;3-5-2-1-4/h4-6,11H,1-3H2;4H,1-2H2. The van der Waals surface area contributed by atoms with Gasteiger partial charge in [0.2, 0.25) is 0 Å². The van der Waals surface area contributed by atoms with E-state index in [0.29, 0.717) is 13.0 Å². The maximum absolute atomic E-state index is 11.3. The summed E-state index contributed by atoms with van der Waals surface area (Å²) in [4.78, 5) is 11.3. The van der Waals surface area contributed by atoms with E-state index >= 15 is 0 Å². The molecule has 1 aromatic carbocycles. The lowest BCUT2D eigenvalue weighted by Crippen LogP contribution is -2.09. The van der Waals surface area contributed by atoms with Gasteiger partial charge in [-0.15, -0.1) is 0 Å². The predicted octanol–water partition coefficient (Wildman–Crippen LogP) is 2.97. The van der Waals surface area contributed by atoms with E-state index in [2.05, 4.69) is 21.2 Å². The summed E-state index contributed by atoms with van der Waals surface area (Å²) in [5, 5.41) is 17.2. The second-order valence-electron chi connectivity index (χ2n) is 3.66. The van der Waals surface area contributed by atoms with Gasteiger partial charge in [0, 0.05) is 17.7 Å². The van der Waals surface area contributed by atoms with Gasteiger partial charge in [-0.1, -0.05) is 8.93 Å². The minimum Gasteiger partial charge on any atom is -0.508 e. The van der Waals surface area contributed by atoms with E-state index in [1.54, 1.807) is 27.1 Å². The Kier molecular flexibility index (Phi) is 6.91. The number of hydrogen-bond donors (Lipinski definition) is 2. The van der Waals surface area contributed by atoms with Crippen LogP contribution in [0.4, 0.5) is 0 Å². The molecule has 1 aliphatic rings. The molecule has 0 spiro atoms. The van der Waals surface area contributed by atoms with Crippen LogP contribution in [0.5, 0.6) is 5.75 Å². The van der Waals surface area contributed by atoms with Crippen LogP contribution < -0.4 is 0 Å². The van der Waals surface area contributed by atoms with Crippen molar-refractivity contribution in [3.63, 3.8) is 0 Å². The normalized spacial score (nSPS) is 13.6. The molecule has 0 bridgehead atoms. The highest BCUT2D eigenvalue weighted by molar-refractivity contribution is 14.2. The van der Waals surface area contributed by atoms with E-state index in [-0.39, 0.29) is 11.5 Å². The monoisotopic (exact) mass is 366 g/mol. The summed E-state index contributed by atoms with van der Waals surface area (Å²) in [7, 11) is 1.62. The number of carbonyl (C=O) groups excluding carboxylic acids is 1. The van der Waals surface area contributed by atoms with Gasteiger partial charge in [0.1, 0.15) is 5.75 Å². The first-order valence-corrected chi connectivity index (χ1v) is 8.91. The van der Waals surface area contributed by atoms with Crippen LogP contribution >= 0.6 is 30.1 Å². The molecule has 5 heteroatoms. The van der Waals surface area contributed by atoms with E-state index in [4.69, 9.17) is 10.2 Å². The lowest BCUT2D eigenvalue weighted by Gasteiger charge is -2.13. The quantitative estimate of drug-likeness (QED) is 0.791. The highest BCUT2D eigenvalue weighted by Crippen LogP contribution is 2.24. The van der Waals surface area contributed by atoms with Gasteiger partial charge in [-0.2, -0.15) is 0 Å². The summed E-state index contributed by atoms with van der Waals surface area (Å²) in [5.41, 5.74) is 1.78. The molecule has 3 nitrogen and oxygen atoms in total. The molecule has 0 aliphatic heterocycles. The minimum absolute atomic E-state index is 0.205. The number of fused-ring (bicyclic) bond motifs is 1. The van der Waals surface area contributed by atoms with Crippen LogP contribution in [0.15, 0.2) is 18.2 Å². The SMILES string of the molecule is O=C1CCCc2cc(O)ccc21.OCCSI. The molecule has 1 aromatic rings. The molecular weight excluding hydrogens is 351 g/mol. The van der Waals surface area contributed by atoms with Crippen molar-refractivity contribution in [3.05, 3.63) is 29.3 Å². The van der Waals surface area contributed by atoms with Crippen LogP contribution in [0, 0.1) is 0 Å². The maximum atomic E-state index is 11.3. The number of halogens is 1. The summed E-state index contributed by atoms with van der Waals surface area (Å²) in [6.07, 6.45) is 2.47. The molecule has 0 aromatic heterocycles. The Morgan fingerprint density at radius 3 is 2.71 bits per heavy atom. The first-order chi connectivity index (χ1) is 8.19. The zero-order valence-electron chi connectivity index (χ0n) is 9.36. The Bertz CT molecular complexity index is 380. The maximum Gasteiger partial charge on any atom is 0.163 e. The molecule has 1 aliphatic carbocycles. The third kappa shape index (κ3) is 4.85. The van der Waals surface area contributed by atoms with Gasteiger partial charge in [0.05, 0.1) is 6.61 Å². The number of aryl methyl sites for hydroxylation is 1. The van der Waals surface area contributed by atoms with Crippen LogP contribution in [0.25, 0.3) is 0 Å². The fraction of sp³-hybridized carbons (Fsp3) is 0.417. The van der Waals surface area contributed by atoms with E-state index in [1.165, 1.54) is 0 Å². The Morgan fingerprint density at radius 2 is 2.12 bits per heavy atom. The van der Waals surface area contributed by atoms with Crippen LogP contribution in [0.3, 0.4) is 0 Å². The topological polar surface area (TPSA) is 57.5 Å². The fourth-order valence-corrected chi connectivity index (χ4v) is 2.33. The van der Waals surface area contributed by atoms with Gasteiger partial charge >= 0.3 is 0 Å². The second kappa shape index (κ2) is 7.94. The van der Waals surface area contributed by atoms with Crippen molar-refractivity contribution < 1.29 is 15.0 Å². The largest absolute Gasteiger partial charge is 0.508 e. The molecular formula is C12H15IO3S. The van der Waals surface area contributed by atoms with Gasteiger partial charge in [0.25, 0.3) is 0 Å². The van der Waals surface area contributed by atoms with Gasteiger partial charge < -0.3 is 10.2 Å². The number of aromatic hydroxyl groups is 1. The van der Waals surface area contributed by atoms with E-state index in [9.17, 15) is 4.79 Å². The van der Waals surface area contributed by atoms with Crippen LogP contribution in [0.1, 0.15) is 28.8 Å². The average molecular weight is 366 g/mol. The molecule has 0 fully saturated rings. The molecule has 0 radical (unpaired) electrons. The summed E-state index contributed by atoms with van der Waals surface area (Å²) in [6, 6.07) is 4.97. The van der Waals surface area contributed by atoms with E-state index < -0.39 is 0 Å². The molecule has 2 rings (SSSR count). The predicted molar refractivity (Wildman–Crippen MR) is 78.9 cm³/mol. The van der Waals surface area contributed by atoms with Gasteiger partial charge in [0.15, 0.2) is 5.78 Å². The van der Waals surface area contributed by atoms with Gasteiger partial charge in [-0.05, 0) is 57.8 Å². The molecule has 0 saturated heterocycles. The number of hydrogen-bond acceptors (Lipinski definition) is 4. The third-order valence-corrected chi connectivity index (χ3v) is 4.07. The van der Waals surface area contributed by atoms with Crippen molar-refractivity contribution >= 4 is 35.9 Å². The summed E-state index contributed by atoms with van der Waals surface area (Å²) >= 11 is 2.14. The van der Waals surface area contributed by atoms with Crippen molar-refractivity contribution in [1.82, 2.24) is 0 Å². The minimum atomic E-state index is 0.205. The molecule has 0 atom stereocenters. The number of aliphatic hydroxyl groups is 1. The number of aliphatic hydroxyl groups excluding tert-OH is 1. The van der Waals surface area contributed by atoms with Crippen molar-refractivity contribution in [2.45, 2.75) is 19.3 Å². The smallest absolute Gasteiger partial charge is 0.163 e. The average Bonchev–Trinajstić information content (AvgIpc) is 2.31. The first kappa shape index (κ1) is 14.8. The number of Topliss-reactive ketones (excluding diaryl/α,β-unsaturated/α-hetero) is 1. The Balaban J connectivity index is 0.000000249. The Labute approximate surface area is 117 Å². The van der Waals surface area contributed by atoms with Crippen LogP contribution in [-0.4, -0.2) is 28.4 Å².